The number of amides is 1. The molecular weight excluding hydrogens is 252 g/mol. The SMILES string of the molecule is CCCC(C)NC(=O)C(C)Oc1cc(CN)ccc1C. The molecule has 4 heteroatoms. The highest BCUT2D eigenvalue weighted by Gasteiger charge is 2.17. The van der Waals surface area contributed by atoms with E-state index in [1.165, 1.54) is 0 Å². The topological polar surface area (TPSA) is 64.3 Å². The lowest BCUT2D eigenvalue weighted by Gasteiger charge is -2.19. The van der Waals surface area contributed by atoms with Crippen molar-refractivity contribution in [2.75, 3.05) is 0 Å². The Hall–Kier alpha value is -1.55. The van der Waals surface area contributed by atoms with E-state index in [2.05, 4.69) is 12.2 Å². The van der Waals surface area contributed by atoms with E-state index in [0.717, 1.165) is 29.7 Å². The molecule has 4 nitrogen and oxygen atoms in total. The molecule has 1 aromatic rings. The highest BCUT2D eigenvalue weighted by Crippen LogP contribution is 2.20. The fourth-order valence-electron chi connectivity index (χ4n) is 2.01. The lowest BCUT2D eigenvalue weighted by atomic mass is 10.1. The number of hydrogen-bond acceptors (Lipinski definition) is 3. The van der Waals surface area contributed by atoms with Crippen molar-refractivity contribution in [3.05, 3.63) is 29.3 Å². The summed E-state index contributed by atoms with van der Waals surface area (Å²) in [6.07, 6.45) is 1.51. The summed E-state index contributed by atoms with van der Waals surface area (Å²) in [5, 5.41) is 2.96. The molecule has 1 amide bonds. The Labute approximate surface area is 121 Å². The maximum atomic E-state index is 12.0. The summed E-state index contributed by atoms with van der Waals surface area (Å²) < 4.78 is 5.76. The Morgan fingerprint density at radius 3 is 2.70 bits per heavy atom. The van der Waals surface area contributed by atoms with Crippen LogP contribution in [0.25, 0.3) is 0 Å². The number of nitrogens with one attached hydrogen (secondary N) is 1. The molecular formula is C16H26N2O2. The van der Waals surface area contributed by atoms with Gasteiger partial charge in [0.1, 0.15) is 5.75 Å². The van der Waals surface area contributed by atoms with Crippen molar-refractivity contribution in [1.29, 1.82) is 0 Å². The first-order valence-electron chi connectivity index (χ1n) is 7.24. The second-order valence-corrected chi connectivity index (χ2v) is 5.26. The number of rotatable bonds is 7. The molecule has 1 aromatic carbocycles. The van der Waals surface area contributed by atoms with Crippen LogP contribution in [0.1, 0.15) is 44.7 Å². The molecule has 0 heterocycles. The number of aryl methyl sites for hydroxylation is 1. The van der Waals surface area contributed by atoms with E-state index in [9.17, 15) is 4.79 Å². The van der Waals surface area contributed by atoms with Gasteiger partial charge in [-0.2, -0.15) is 0 Å². The molecule has 2 unspecified atom stereocenters. The van der Waals surface area contributed by atoms with E-state index < -0.39 is 6.10 Å². The van der Waals surface area contributed by atoms with E-state index >= 15 is 0 Å². The van der Waals surface area contributed by atoms with Crippen LogP contribution in [-0.2, 0) is 11.3 Å². The average Bonchev–Trinajstić information content (AvgIpc) is 2.41. The maximum Gasteiger partial charge on any atom is 0.260 e. The van der Waals surface area contributed by atoms with Gasteiger partial charge in [-0.25, -0.2) is 0 Å². The van der Waals surface area contributed by atoms with Crippen LogP contribution < -0.4 is 15.8 Å². The zero-order valence-corrected chi connectivity index (χ0v) is 12.9. The van der Waals surface area contributed by atoms with E-state index in [1.54, 1.807) is 6.92 Å². The van der Waals surface area contributed by atoms with Gasteiger partial charge in [0.15, 0.2) is 6.10 Å². The lowest BCUT2D eigenvalue weighted by molar-refractivity contribution is -0.127. The van der Waals surface area contributed by atoms with Gasteiger partial charge < -0.3 is 15.8 Å². The van der Waals surface area contributed by atoms with Crippen LogP contribution >= 0.6 is 0 Å². The summed E-state index contributed by atoms with van der Waals surface area (Å²) in [6, 6.07) is 6.00. The predicted octanol–water partition coefficient (Wildman–Crippen LogP) is 2.53. The van der Waals surface area contributed by atoms with Crippen LogP contribution in [0.2, 0.25) is 0 Å². The fourth-order valence-corrected chi connectivity index (χ4v) is 2.01. The highest BCUT2D eigenvalue weighted by molar-refractivity contribution is 5.81. The molecule has 0 aliphatic heterocycles. The number of benzene rings is 1. The molecule has 0 saturated heterocycles. The molecule has 112 valence electrons. The van der Waals surface area contributed by atoms with Crippen LogP contribution in [0.5, 0.6) is 5.75 Å². The van der Waals surface area contributed by atoms with Crippen molar-refractivity contribution in [1.82, 2.24) is 5.32 Å². The highest BCUT2D eigenvalue weighted by atomic mass is 16.5. The zero-order chi connectivity index (χ0) is 15.1. The zero-order valence-electron chi connectivity index (χ0n) is 12.9. The van der Waals surface area contributed by atoms with Gasteiger partial charge in [-0.3, -0.25) is 4.79 Å². The summed E-state index contributed by atoms with van der Waals surface area (Å²) >= 11 is 0. The van der Waals surface area contributed by atoms with Gasteiger partial charge in [-0.15, -0.1) is 0 Å². The van der Waals surface area contributed by atoms with Crippen LogP contribution in [0.3, 0.4) is 0 Å². The molecule has 0 fully saturated rings. The molecule has 0 saturated carbocycles. The Kier molecular flexibility index (Phi) is 6.52. The van der Waals surface area contributed by atoms with Crippen molar-refractivity contribution in [3.8, 4) is 5.75 Å². The smallest absolute Gasteiger partial charge is 0.260 e. The van der Waals surface area contributed by atoms with Crippen LogP contribution in [0, 0.1) is 6.92 Å². The third-order valence-electron chi connectivity index (χ3n) is 3.27. The second-order valence-electron chi connectivity index (χ2n) is 5.26. The van der Waals surface area contributed by atoms with Gasteiger partial charge in [0, 0.05) is 12.6 Å². The Balaban J connectivity index is 2.65. The minimum atomic E-state index is -0.513. The monoisotopic (exact) mass is 278 g/mol. The van der Waals surface area contributed by atoms with Crippen LogP contribution in [-0.4, -0.2) is 18.1 Å². The Bertz CT molecular complexity index is 446. The van der Waals surface area contributed by atoms with Gasteiger partial charge >= 0.3 is 0 Å². The fraction of sp³-hybridized carbons (Fsp3) is 0.562. The van der Waals surface area contributed by atoms with Crippen molar-refractivity contribution in [2.24, 2.45) is 5.73 Å². The lowest BCUT2D eigenvalue weighted by Crippen LogP contribution is -2.41. The number of nitrogens with two attached hydrogens (primary N) is 1. The second kappa shape index (κ2) is 7.90. The third kappa shape index (κ3) is 4.85. The first-order chi connectivity index (χ1) is 9.47. The van der Waals surface area contributed by atoms with Gasteiger partial charge in [0.05, 0.1) is 0 Å². The molecule has 1 rings (SSSR count). The van der Waals surface area contributed by atoms with Crippen LogP contribution in [0.4, 0.5) is 0 Å². The van der Waals surface area contributed by atoms with Crippen LogP contribution in [0.15, 0.2) is 18.2 Å². The molecule has 0 bridgehead atoms. The number of carbonyl (C=O) groups excluding carboxylic acids is 1. The first-order valence-corrected chi connectivity index (χ1v) is 7.24. The summed E-state index contributed by atoms with van der Waals surface area (Å²) in [6.45, 7) is 8.30. The van der Waals surface area contributed by atoms with Gasteiger partial charge in [-0.05, 0) is 44.4 Å². The molecule has 0 spiro atoms. The van der Waals surface area contributed by atoms with E-state index in [-0.39, 0.29) is 11.9 Å². The summed E-state index contributed by atoms with van der Waals surface area (Å²) in [5.74, 6) is 0.641. The largest absolute Gasteiger partial charge is 0.481 e. The van der Waals surface area contributed by atoms with Crippen molar-refractivity contribution in [3.63, 3.8) is 0 Å². The van der Waals surface area contributed by atoms with E-state index in [1.807, 2.05) is 32.0 Å². The number of carbonyl (C=O) groups is 1. The van der Waals surface area contributed by atoms with Crippen molar-refractivity contribution < 1.29 is 9.53 Å². The minimum absolute atomic E-state index is 0.0801. The first kappa shape index (κ1) is 16.5. The summed E-state index contributed by atoms with van der Waals surface area (Å²) in [7, 11) is 0. The molecule has 0 aliphatic carbocycles. The van der Waals surface area contributed by atoms with Gasteiger partial charge in [0.25, 0.3) is 5.91 Å². The van der Waals surface area contributed by atoms with Crippen molar-refractivity contribution in [2.45, 2.75) is 59.2 Å². The molecule has 20 heavy (non-hydrogen) atoms. The van der Waals surface area contributed by atoms with E-state index in [0.29, 0.717) is 6.54 Å². The summed E-state index contributed by atoms with van der Waals surface area (Å²) in [4.78, 5) is 12.0. The van der Waals surface area contributed by atoms with Gasteiger partial charge in [0.2, 0.25) is 0 Å². The number of ether oxygens (including phenoxy) is 1. The standard InChI is InChI=1S/C16H26N2O2/c1-5-6-12(3)18-16(19)13(4)20-15-9-14(10-17)8-7-11(15)2/h7-9,12-13H,5-6,10,17H2,1-4H3,(H,18,19). The molecule has 0 aliphatic rings. The average molecular weight is 278 g/mol. The molecule has 2 atom stereocenters. The third-order valence-corrected chi connectivity index (χ3v) is 3.27. The summed E-state index contributed by atoms with van der Waals surface area (Å²) in [5.41, 5.74) is 7.62. The molecule has 3 N–H and O–H groups in total. The number of hydrogen-bond donors (Lipinski definition) is 2. The molecule has 0 aromatic heterocycles. The Morgan fingerprint density at radius 1 is 1.40 bits per heavy atom. The van der Waals surface area contributed by atoms with Gasteiger partial charge in [-0.1, -0.05) is 25.5 Å². The molecule has 0 radical (unpaired) electrons. The minimum Gasteiger partial charge on any atom is -0.481 e. The predicted molar refractivity (Wildman–Crippen MR) is 81.7 cm³/mol. The quantitative estimate of drug-likeness (QED) is 0.805. The normalized spacial score (nSPS) is 13.7. The Morgan fingerprint density at radius 2 is 2.10 bits per heavy atom. The van der Waals surface area contributed by atoms with E-state index in [4.69, 9.17) is 10.5 Å². The maximum absolute atomic E-state index is 12.0. The van der Waals surface area contributed by atoms with Crippen molar-refractivity contribution >= 4 is 5.91 Å².